The van der Waals surface area contributed by atoms with Crippen molar-refractivity contribution in [3.63, 3.8) is 0 Å². The van der Waals surface area contributed by atoms with Crippen LogP contribution in [-0.4, -0.2) is 12.6 Å². The summed E-state index contributed by atoms with van der Waals surface area (Å²) in [6.45, 7) is 6.22. The van der Waals surface area contributed by atoms with E-state index in [9.17, 15) is 4.79 Å². The molecule has 20 heavy (non-hydrogen) atoms. The lowest BCUT2D eigenvalue weighted by Gasteiger charge is -2.10. The van der Waals surface area contributed by atoms with E-state index in [1.54, 1.807) is 0 Å². The number of esters is 1. The fourth-order valence-electron chi connectivity index (χ4n) is 2.19. The van der Waals surface area contributed by atoms with E-state index in [-0.39, 0.29) is 5.97 Å². The minimum Gasteiger partial charge on any atom is -0.461 e. The Morgan fingerprint density at radius 1 is 1.20 bits per heavy atom. The largest absolute Gasteiger partial charge is 0.461 e. The molecule has 110 valence electrons. The van der Waals surface area contributed by atoms with Crippen LogP contribution in [0, 0.1) is 0 Å². The van der Waals surface area contributed by atoms with Crippen LogP contribution in [0.4, 0.5) is 0 Å². The van der Waals surface area contributed by atoms with Crippen LogP contribution in [0.15, 0.2) is 29.8 Å². The predicted octanol–water partition coefficient (Wildman–Crippen LogP) is 4.78. The zero-order valence-corrected chi connectivity index (χ0v) is 12.9. The highest BCUT2D eigenvalue weighted by molar-refractivity contribution is 5.66. The second-order valence-corrected chi connectivity index (χ2v) is 5.14. The quantitative estimate of drug-likeness (QED) is 0.638. The molecule has 0 amide bonds. The third-order valence-corrected chi connectivity index (χ3v) is 3.25. The van der Waals surface area contributed by atoms with Crippen molar-refractivity contribution in [3.8, 4) is 0 Å². The second kappa shape index (κ2) is 9.35. The lowest BCUT2D eigenvalue weighted by molar-refractivity contribution is -0.140. The number of benzene rings is 1. The van der Waals surface area contributed by atoms with E-state index in [1.807, 2.05) is 0 Å². The molecule has 0 bridgehead atoms. The van der Waals surface area contributed by atoms with Crippen molar-refractivity contribution in [2.24, 2.45) is 0 Å². The summed E-state index contributed by atoms with van der Waals surface area (Å²) in [5.41, 5.74) is 3.83. The Balaban J connectivity index is 2.88. The maximum atomic E-state index is 11.0. The van der Waals surface area contributed by atoms with Gasteiger partial charge >= 0.3 is 5.97 Å². The van der Waals surface area contributed by atoms with Gasteiger partial charge in [0.25, 0.3) is 0 Å². The van der Waals surface area contributed by atoms with E-state index in [0.717, 1.165) is 19.3 Å². The smallest absolute Gasteiger partial charge is 0.302 e. The maximum Gasteiger partial charge on any atom is 0.302 e. The van der Waals surface area contributed by atoms with Gasteiger partial charge in [0.05, 0.1) is 0 Å². The summed E-state index contributed by atoms with van der Waals surface area (Å²) in [7, 11) is 0. The summed E-state index contributed by atoms with van der Waals surface area (Å²) >= 11 is 0. The highest BCUT2D eigenvalue weighted by Gasteiger charge is 2.03. The van der Waals surface area contributed by atoms with Crippen molar-refractivity contribution in [3.05, 3.63) is 41.0 Å². The molecule has 0 fully saturated rings. The first kappa shape index (κ1) is 16.5. The molecule has 0 spiro atoms. The molecule has 0 saturated heterocycles. The van der Waals surface area contributed by atoms with Gasteiger partial charge in [-0.25, -0.2) is 0 Å². The normalized spacial score (nSPS) is 11.4. The third-order valence-electron chi connectivity index (χ3n) is 3.25. The highest BCUT2D eigenvalue weighted by Crippen LogP contribution is 2.18. The molecule has 0 heterocycles. The molecule has 1 aromatic carbocycles. The van der Waals surface area contributed by atoms with E-state index >= 15 is 0 Å². The van der Waals surface area contributed by atoms with Gasteiger partial charge in [-0.2, -0.15) is 0 Å². The standard InChI is InChI=1S/C18H26O2/c1-4-6-10-17-11-7-8-12-18(17)13-16(9-5-2)14-20-15(3)19/h7-8,11-13H,4-6,9-10,14H2,1-3H3. The zero-order chi connectivity index (χ0) is 14.8. The van der Waals surface area contributed by atoms with E-state index in [2.05, 4.69) is 44.2 Å². The Kier molecular flexibility index (Phi) is 7.71. The highest BCUT2D eigenvalue weighted by atomic mass is 16.5. The SMILES string of the molecule is CCCCc1ccccc1C=C(CCC)COC(C)=O. The summed E-state index contributed by atoms with van der Waals surface area (Å²) in [4.78, 5) is 11.0. The van der Waals surface area contributed by atoms with Gasteiger partial charge < -0.3 is 4.74 Å². The molecule has 0 unspecified atom stereocenters. The van der Waals surface area contributed by atoms with Crippen molar-refractivity contribution in [2.75, 3.05) is 6.61 Å². The zero-order valence-electron chi connectivity index (χ0n) is 12.9. The molecule has 0 aliphatic heterocycles. The molecule has 1 aromatic rings. The lowest BCUT2D eigenvalue weighted by Crippen LogP contribution is -2.03. The second-order valence-electron chi connectivity index (χ2n) is 5.14. The van der Waals surface area contributed by atoms with E-state index in [4.69, 9.17) is 4.74 Å². The number of unbranched alkanes of at least 4 members (excludes halogenated alkanes) is 1. The molecule has 2 heteroatoms. The van der Waals surface area contributed by atoms with Crippen molar-refractivity contribution < 1.29 is 9.53 Å². The van der Waals surface area contributed by atoms with Crippen LogP contribution in [0.2, 0.25) is 0 Å². The predicted molar refractivity (Wildman–Crippen MR) is 84.6 cm³/mol. The Morgan fingerprint density at radius 2 is 1.95 bits per heavy atom. The number of carbonyl (C=O) groups excluding carboxylic acids is 1. The van der Waals surface area contributed by atoms with Crippen LogP contribution >= 0.6 is 0 Å². The van der Waals surface area contributed by atoms with E-state index in [1.165, 1.54) is 36.5 Å². The lowest BCUT2D eigenvalue weighted by atomic mass is 9.99. The van der Waals surface area contributed by atoms with Crippen LogP contribution in [-0.2, 0) is 16.0 Å². The summed E-state index contributed by atoms with van der Waals surface area (Å²) in [5, 5.41) is 0. The summed E-state index contributed by atoms with van der Waals surface area (Å²) < 4.78 is 5.14. The van der Waals surface area contributed by atoms with Crippen LogP contribution in [0.1, 0.15) is 57.6 Å². The number of hydrogen-bond donors (Lipinski definition) is 0. The topological polar surface area (TPSA) is 26.3 Å². The molecule has 0 saturated carbocycles. The van der Waals surface area contributed by atoms with Crippen molar-refractivity contribution in [1.29, 1.82) is 0 Å². The van der Waals surface area contributed by atoms with Gasteiger partial charge in [-0.15, -0.1) is 0 Å². The van der Waals surface area contributed by atoms with Crippen molar-refractivity contribution >= 4 is 12.0 Å². The number of ether oxygens (including phenoxy) is 1. The number of hydrogen-bond acceptors (Lipinski definition) is 2. The minimum absolute atomic E-state index is 0.216. The molecule has 2 nitrogen and oxygen atoms in total. The summed E-state index contributed by atoms with van der Waals surface area (Å²) in [6, 6.07) is 8.50. The first-order chi connectivity index (χ1) is 9.67. The molecule has 0 atom stereocenters. The third kappa shape index (κ3) is 6.05. The summed E-state index contributed by atoms with van der Waals surface area (Å²) in [5.74, 6) is -0.216. The molecule has 0 aromatic heterocycles. The van der Waals surface area contributed by atoms with Crippen LogP contribution in [0.25, 0.3) is 6.08 Å². The average Bonchev–Trinajstić information content (AvgIpc) is 2.44. The van der Waals surface area contributed by atoms with Crippen LogP contribution in [0.5, 0.6) is 0 Å². The van der Waals surface area contributed by atoms with Gasteiger partial charge in [0.15, 0.2) is 0 Å². The van der Waals surface area contributed by atoms with Gasteiger partial charge in [-0.1, -0.05) is 57.0 Å². The van der Waals surface area contributed by atoms with E-state index in [0.29, 0.717) is 6.61 Å². The van der Waals surface area contributed by atoms with Gasteiger partial charge in [-0.3, -0.25) is 4.79 Å². The average molecular weight is 274 g/mol. The minimum atomic E-state index is -0.216. The van der Waals surface area contributed by atoms with Gasteiger partial charge in [0, 0.05) is 6.92 Å². The number of aryl methyl sites for hydroxylation is 1. The monoisotopic (exact) mass is 274 g/mol. The van der Waals surface area contributed by atoms with Crippen LogP contribution in [0.3, 0.4) is 0 Å². The molecular formula is C18H26O2. The Labute approximate surface area is 122 Å². The number of rotatable bonds is 8. The van der Waals surface area contributed by atoms with Gasteiger partial charge in [0.2, 0.25) is 0 Å². The van der Waals surface area contributed by atoms with Crippen LogP contribution < -0.4 is 0 Å². The molecule has 0 aliphatic carbocycles. The molecule has 0 radical (unpaired) electrons. The summed E-state index contributed by atoms with van der Waals surface area (Å²) in [6.07, 6.45) is 7.73. The fourth-order valence-corrected chi connectivity index (χ4v) is 2.19. The Bertz CT molecular complexity index is 446. The molecular weight excluding hydrogens is 248 g/mol. The Morgan fingerprint density at radius 3 is 2.60 bits per heavy atom. The molecule has 1 rings (SSSR count). The van der Waals surface area contributed by atoms with Crippen molar-refractivity contribution in [2.45, 2.75) is 52.9 Å². The number of carbonyl (C=O) groups is 1. The fraction of sp³-hybridized carbons (Fsp3) is 0.500. The molecule has 0 N–H and O–H groups in total. The first-order valence-corrected chi connectivity index (χ1v) is 7.58. The first-order valence-electron chi connectivity index (χ1n) is 7.58. The van der Waals surface area contributed by atoms with E-state index < -0.39 is 0 Å². The van der Waals surface area contributed by atoms with Crippen molar-refractivity contribution in [1.82, 2.24) is 0 Å². The maximum absolute atomic E-state index is 11.0. The Hall–Kier alpha value is -1.57. The van der Waals surface area contributed by atoms with Gasteiger partial charge in [-0.05, 0) is 36.0 Å². The van der Waals surface area contributed by atoms with Gasteiger partial charge in [0.1, 0.15) is 6.61 Å². The molecule has 0 aliphatic rings.